The average Bonchev–Trinajstić information content (AvgIpc) is 2.82. The van der Waals surface area contributed by atoms with Gasteiger partial charge in [0.05, 0.1) is 0 Å². The molecule has 3 N–H and O–H groups in total. The predicted molar refractivity (Wildman–Crippen MR) is 68.5 cm³/mol. The van der Waals surface area contributed by atoms with E-state index in [1.165, 1.54) is 24.3 Å². The number of aliphatic carboxylic acids is 1. The highest BCUT2D eigenvalue weighted by atomic mass is 16.5. The molecule has 0 radical (unpaired) electrons. The topological polar surface area (TPSA) is 105 Å². The number of amides is 2. The smallest absolute Gasteiger partial charge is 0.341 e. The molecule has 1 aliphatic rings. The lowest BCUT2D eigenvalue weighted by Gasteiger charge is -2.10. The van der Waals surface area contributed by atoms with Gasteiger partial charge in [-0.2, -0.15) is 0 Å². The second-order valence-electron chi connectivity index (χ2n) is 4.31. The molecular weight excluding hydrogens is 264 g/mol. The van der Waals surface area contributed by atoms with E-state index in [0.717, 1.165) is 0 Å². The average molecular weight is 278 g/mol. The molecule has 0 saturated carbocycles. The Hall–Kier alpha value is -2.57. The summed E-state index contributed by atoms with van der Waals surface area (Å²) < 4.78 is 4.96. The second-order valence-corrected chi connectivity index (χ2v) is 4.31. The molecule has 1 aromatic rings. The minimum Gasteiger partial charge on any atom is -0.482 e. The molecule has 20 heavy (non-hydrogen) atoms. The van der Waals surface area contributed by atoms with Crippen molar-refractivity contribution in [3.63, 3.8) is 0 Å². The van der Waals surface area contributed by atoms with E-state index in [1.54, 1.807) is 0 Å². The van der Waals surface area contributed by atoms with Crippen LogP contribution in [-0.4, -0.2) is 42.1 Å². The molecule has 1 heterocycles. The summed E-state index contributed by atoms with van der Waals surface area (Å²) in [6.07, 6.45) is 0.574. The van der Waals surface area contributed by atoms with Gasteiger partial charge in [0.25, 0.3) is 5.91 Å². The number of nitrogens with one attached hydrogen (secondary N) is 2. The van der Waals surface area contributed by atoms with Crippen molar-refractivity contribution in [1.29, 1.82) is 0 Å². The first-order valence-corrected chi connectivity index (χ1v) is 6.09. The van der Waals surface area contributed by atoms with E-state index in [1.807, 2.05) is 0 Å². The number of carboxylic acids is 1. The van der Waals surface area contributed by atoms with E-state index in [4.69, 9.17) is 9.84 Å². The molecule has 1 aromatic carbocycles. The zero-order valence-corrected chi connectivity index (χ0v) is 10.6. The number of carbonyl (C=O) groups excluding carboxylic acids is 2. The first-order valence-electron chi connectivity index (χ1n) is 6.09. The van der Waals surface area contributed by atoms with Crippen LogP contribution < -0.4 is 15.4 Å². The SMILES string of the molecule is O=C(O)COc1ccc(C(=O)N[C@H]2CCNC2=O)cc1. The summed E-state index contributed by atoms with van der Waals surface area (Å²) in [5.74, 6) is -1.24. The van der Waals surface area contributed by atoms with Gasteiger partial charge in [-0.3, -0.25) is 9.59 Å². The minimum absolute atomic E-state index is 0.181. The molecule has 0 spiro atoms. The number of carboxylic acid groups (broad SMARTS) is 1. The lowest BCUT2D eigenvalue weighted by molar-refractivity contribution is -0.139. The van der Waals surface area contributed by atoms with Crippen molar-refractivity contribution in [3.8, 4) is 5.75 Å². The molecule has 1 aliphatic heterocycles. The molecule has 0 aliphatic carbocycles. The number of rotatable bonds is 5. The van der Waals surface area contributed by atoms with Crippen LogP contribution >= 0.6 is 0 Å². The van der Waals surface area contributed by atoms with E-state index >= 15 is 0 Å². The third-order valence-electron chi connectivity index (χ3n) is 2.83. The van der Waals surface area contributed by atoms with Crippen molar-refractivity contribution in [3.05, 3.63) is 29.8 Å². The van der Waals surface area contributed by atoms with Gasteiger partial charge in [-0.25, -0.2) is 4.79 Å². The summed E-state index contributed by atoms with van der Waals surface area (Å²) in [5.41, 5.74) is 0.382. The summed E-state index contributed by atoms with van der Waals surface area (Å²) >= 11 is 0. The van der Waals surface area contributed by atoms with Crippen LogP contribution in [0.2, 0.25) is 0 Å². The summed E-state index contributed by atoms with van der Waals surface area (Å²) in [6, 6.07) is 5.54. The van der Waals surface area contributed by atoms with Gasteiger partial charge in [0, 0.05) is 12.1 Å². The molecule has 1 fully saturated rings. The summed E-state index contributed by atoms with van der Waals surface area (Å²) in [6.45, 7) is 0.125. The van der Waals surface area contributed by atoms with Crippen LogP contribution in [0.1, 0.15) is 16.8 Å². The standard InChI is InChI=1S/C13H14N2O5/c16-11(17)7-20-9-3-1-8(2-4-9)12(18)15-10-5-6-14-13(10)19/h1-4,10H,5-7H2,(H,14,19)(H,15,18)(H,16,17)/t10-/m0/s1. The maximum Gasteiger partial charge on any atom is 0.341 e. The first kappa shape index (κ1) is 13.9. The van der Waals surface area contributed by atoms with Gasteiger partial charge in [-0.05, 0) is 30.7 Å². The quantitative estimate of drug-likeness (QED) is 0.690. The van der Waals surface area contributed by atoms with Gasteiger partial charge >= 0.3 is 5.97 Å². The largest absolute Gasteiger partial charge is 0.482 e. The lowest BCUT2D eigenvalue weighted by atomic mass is 10.1. The third kappa shape index (κ3) is 3.47. The Morgan fingerprint density at radius 1 is 1.35 bits per heavy atom. The predicted octanol–water partition coefficient (Wildman–Crippen LogP) is -0.232. The molecular formula is C13H14N2O5. The number of carbonyl (C=O) groups is 3. The van der Waals surface area contributed by atoms with Crippen LogP contribution in [0.5, 0.6) is 5.75 Å². The van der Waals surface area contributed by atoms with Crippen molar-refractivity contribution in [1.82, 2.24) is 10.6 Å². The van der Waals surface area contributed by atoms with Crippen molar-refractivity contribution in [2.75, 3.05) is 13.2 Å². The molecule has 1 atom stereocenters. The van der Waals surface area contributed by atoms with Crippen LogP contribution in [0.4, 0.5) is 0 Å². The van der Waals surface area contributed by atoms with E-state index < -0.39 is 18.6 Å². The monoisotopic (exact) mass is 278 g/mol. The van der Waals surface area contributed by atoms with Gasteiger partial charge in [0.15, 0.2) is 6.61 Å². The van der Waals surface area contributed by atoms with Gasteiger partial charge in [0.1, 0.15) is 11.8 Å². The zero-order chi connectivity index (χ0) is 14.5. The highest BCUT2D eigenvalue weighted by Crippen LogP contribution is 2.12. The molecule has 0 unspecified atom stereocenters. The third-order valence-corrected chi connectivity index (χ3v) is 2.83. The highest BCUT2D eigenvalue weighted by Gasteiger charge is 2.25. The first-order chi connectivity index (χ1) is 9.56. The van der Waals surface area contributed by atoms with Crippen molar-refractivity contribution >= 4 is 17.8 Å². The number of hydrogen-bond donors (Lipinski definition) is 3. The molecule has 7 heteroatoms. The molecule has 7 nitrogen and oxygen atoms in total. The maximum atomic E-state index is 11.9. The molecule has 106 valence electrons. The maximum absolute atomic E-state index is 11.9. The van der Waals surface area contributed by atoms with Crippen LogP contribution in [0.15, 0.2) is 24.3 Å². The Kier molecular flexibility index (Phi) is 4.19. The molecule has 2 amide bonds. The Morgan fingerprint density at radius 2 is 2.05 bits per heavy atom. The van der Waals surface area contributed by atoms with Crippen molar-refractivity contribution in [2.45, 2.75) is 12.5 Å². The summed E-state index contributed by atoms with van der Waals surface area (Å²) in [7, 11) is 0. The van der Waals surface area contributed by atoms with Gasteiger partial charge < -0.3 is 20.5 Å². The second kappa shape index (κ2) is 6.05. The normalized spacial score (nSPS) is 17.4. The van der Waals surface area contributed by atoms with Gasteiger partial charge in [0.2, 0.25) is 5.91 Å². The van der Waals surface area contributed by atoms with Gasteiger partial charge in [-0.15, -0.1) is 0 Å². The highest BCUT2D eigenvalue weighted by molar-refractivity contribution is 5.98. The van der Waals surface area contributed by atoms with Crippen LogP contribution in [0.3, 0.4) is 0 Å². The fourth-order valence-electron chi connectivity index (χ4n) is 1.82. The Morgan fingerprint density at radius 3 is 2.60 bits per heavy atom. The van der Waals surface area contributed by atoms with E-state index in [9.17, 15) is 14.4 Å². The van der Waals surface area contributed by atoms with Crippen LogP contribution in [0, 0.1) is 0 Å². The fourth-order valence-corrected chi connectivity index (χ4v) is 1.82. The Labute approximate surface area is 114 Å². The van der Waals surface area contributed by atoms with Crippen LogP contribution in [-0.2, 0) is 9.59 Å². The Balaban J connectivity index is 1.93. The van der Waals surface area contributed by atoms with Crippen molar-refractivity contribution in [2.24, 2.45) is 0 Å². The van der Waals surface area contributed by atoms with E-state index in [-0.39, 0.29) is 11.8 Å². The molecule has 0 aromatic heterocycles. The van der Waals surface area contributed by atoms with Crippen LogP contribution in [0.25, 0.3) is 0 Å². The number of ether oxygens (including phenoxy) is 1. The lowest BCUT2D eigenvalue weighted by Crippen LogP contribution is -2.40. The molecule has 0 bridgehead atoms. The Bertz CT molecular complexity index is 526. The zero-order valence-electron chi connectivity index (χ0n) is 10.6. The summed E-state index contributed by atoms with van der Waals surface area (Å²) in [4.78, 5) is 33.6. The number of benzene rings is 1. The molecule has 1 saturated heterocycles. The van der Waals surface area contributed by atoms with Crippen molar-refractivity contribution < 1.29 is 24.2 Å². The van der Waals surface area contributed by atoms with E-state index in [2.05, 4.69) is 10.6 Å². The summed E-state index contributed by atoms with van der Waals surface area (Å²) in [5, 5.41) is 13.7. The molecule has 2 rings (SSSR count). The van der Waals surface area contributed by atoms with Gasteiger partial charge in [-0.1, -0.05) is 0 Å². The number of hydrogen-bond acceptors (Lipinski definition) is 4. The fraction of sp³-hybridized carbons (Fsp3) is 0.308. The van der Waals surface area contributed by atoms with E-state index in [0.29, 0.717) is 24.3 Å². The minimum atomic E-state index is -1.07.